The summed E-state index contributed by atoms with van der Waals surface area (Å²) in [6.45, 7) is 4.61. The Morgan fingerprint density at radius 3 is 2.67 bits per heavy atom. The van der Waals surface area contributed by atoms with Gasteiger partial charge in [-0.1, -0.05) is 12.1 Å². The molecule has 0 aliphatic carbocycles. The number of hydrogen-bond acceptors (Lipinski definition) is 8. The van der Waals surface area contributed by atoms with Crippen LogP contribution in [0.15, 0.2) is 42.5 Å². The number of anilines is 2. The van der Waals surface area contributed by atoms with Crippen LogP contribution in [-0.4, -0.2) is 63.5 Å². The molecule has 1 unspecified atom stereocenters. The first-order valence-corrected chi connectivity index (χ1v) is 10.6. The molecule has 10 nitrogen and oxygen atoms in total. The fourth-order valence-electron chi connectivity index (χ4n) is 3.79. The molecule has 2 heterocycles. The average Bonchev–Trinajstić information content (AvgIpc) is 3.18. The minimum atomic E-state index is -0.552. The third kappa shape index (κ3) is 5.17. The van der Waals surface area contributed by atoms with Gasteiger partial charge in [0.25, 0.3) is 0 Å². The van der Waals surface area contributed by atoms with Gasteiger partial charge in [0.05, 0.1) is 36.7 Å². The van der Waals surface area contributed by atoms with Gasteiger partial charge in [0.15, 0.2) is 6.10 Å². The molecule has 4 rings (SSSR count). The molecule has 0 radical (unpaired) electrons. The lowest BCUT2D eigenvalue weighted by atomic mass is 10.1. The number of benzene rings is 2. The summed E-state index contributed by atoms with van der Waals surface area (Å²) in [5, 5.41) is 7.65. The first kappa shape index (κ1) is 22.4. The standard InChI is InChI=1S/C23H26N4O6/c1-15(28)32-21-12-16(6-7-18(21)22(24)25)27-13-17(33-23(27)29)14-31-20-5-3-2-4-19(20)26-8-10-30-11-9-26/h2-7,12,17H,8-11,13-14H2,1H3,(H3,24,25). The predicted octanol–water partition coefficient (Wildman–Crippen LogP) is 2.14. The molecule has 0 aromatic heterocycles. The molecule has 2 aliphatic heterocycles. The number of carbonyl (C=O) groups excluding carboxylic acids is 2. The molecule has 2 fully saturated rings. The summed E-state index contributed by atoms with van der Waals surface area (Å²) in [4.78, 5) is 27.6. The number of amidine groups is 1. The zero-order chi connectivity index (χ0) is 23.4. The third-order valence-corrected chi connectivity index (χ3v) is 5.34. The molecule has 0 bridgehead atoms. The van der Waals surface area contributed by atoms with Gasteiger partial charge in [-0.05, 0) is 24.3 Å². The lowest BCUT2D eigenvalue weighted by Crippen LogP contribution is -2.36. The number of esters is 1. The van der Waals surface area contributed by atoms with E-state index < -0.39 is 18.2 Å². The van der Waals surface area contributed by atoms with E-state index >= 15 is 0 Å². The molecule has 0 saturated carbocycles. The highest BCUT2D eigenvalue weighted by molar-refractivity contribution is 5.99. The van der Waals surface area contributed by atoms with Crippen LogP contribution in [0.3, 0.4) is 0 Å². The zero-order valence-electron chi connectivity index (χ0n) is 18.3. The van der Waals surface area contributed by atoms with Crippen LogP contribution >= 0.6 is 0 Å². The number of ether oxygens (including phenoxy) is 4. The number of rotatable bonds is 7. The van der Waals surface area contributed by atoms with E-state index in [1.807, 2.05) is 24.3 Å². The topological polar surface area (TPSA) is 127 Å². The summed E-state index contributed by atoms with van der Waals surface area (Å²) in [5.74, 6) is 0.0344. The van der Waals surface area contributed by atoms with E-state index in [1.165, 1.54) is 24.0 Å². The van der Waals surface area contributed by atoms with E-state index in [0.29, 0.717) is 18.9 Å². The van der Waals surface area contributed by atoms with Crippen LogP contribution in [0.4, 0.5) is 16.2 Å². The van der Waals surface area contributed by atoms with Crippen LogP contribution in [0.1, 0.15) is 12.5 Å². The van der Waals surface area contributed by atoms with Crippen molar-refractivity contribution in [2.75, 3.05) is 49.3 Å². The van der Waals surface area contributed by atoms with E-state index in [2.05, 4.69) is 4.90 Å². The lowest BCUT2D eigenvalue weighted by molar-refractivity contribution is -0.131. The Morgan fingerprint density at radius 2 is 1.94 bits per heavy atom. The first-order chi connectivity index (χ1) is 15.9. The highest BCUT2D eigenvalue weighted by atomic mass is 16.6. The van der Waals surface area contributed by atoms with Crippen molar-refractivity contribution in [3.8, 4) is 11.5 Å². The SMILES string of the molecule is CC(=O)Oc1cc(N2CC(COc3ccccc3N3CCOCC3)OC2=O)ccc1C(=N)N. The van der Waals surface area contributed by atoms with Crippen molar-refractivity contribution in [3.05, 3.63) is 48.0 Å². The van der Waals surface area contributed by atoms with Crippen LogP contribution in [-0.2, 0) is 14.3 Å². The van der Waals surface area contributed by atoms with E-state index in [9.17, 15) is 9.59 Å². The smallest absolute Gasteiger partial charge is 0.414 e. The molecule has 3 N–H and O–H groups in total. The molecule has 2 aliphatic rings. The van der Waals surface area contributed by atoms with E-state index in [0.717, 1.165) is 24.5 Å². The summed E-state index contributed by atoms with van der Waals surface area (Å²) in [5.41, 5.74) is 7.28. The van der Waals surface area contributed by atoms with Crippen molar-refractivity contribution in [2.45, 2.75) is 13.0 Å². The molecule has 10 heteroatoms. The van der Waals surface area contributed by atoms with Crippen LogP contribution < -0.4 is 25.0 Å². The van der Waals surface area contributed by atoms with Crippen molar-refractivity contribution < 1.29 is 28.5 Å². The number of nitrogens with one attached hydrogen (secondary N) is 1. The fraction of sp³-hybridized carbons (Fsp3) is 0.348. The van der Waals surface area contributed by atoms with Crippen LogP contribution in [0.25, 0.3) is 0 Å². The first-order valence-electron chi connectivity index (χ1n) is 10.6. The Hall–Kier alpha value is -3.79. The number of nitrogen functional groups attached to an aromatic ring is 1. The molecule has 1 atom stereocenters. The summed E-state index contributed by atoms with van der Waals surface area (Å²) in [7, 11) is 0. The second-order valence-electron chi connectivity index (χ2n) is 7.68. The van der Waals surface area contributed by atoms with Gasteiger partial charge in [-0.3, -0.25) is 15.1 Å². The molecular formula is C23H26N4O6. The van der Waals surface area contributed by atoms with Crippen molar-refractivity contribution >= 4 is 29.3 Å². The van der Waals surface area contributed by atoms with E-state index in [1.54, 1.807) is 6.07 Å². The summed E-state index contributed by atoms with van der Waals surface area (Å²) < 4.78 is 22.1. The van der Waals surface area contributed by atoms with E-state index in [-0.39, 0.29) is 30.3 Å². The number of nitrogens with zero attached hydrogens (tertiary/aromatic N) is 2. The highest BCUT2D eigenvalue weighted by Gasteiger charge is 2.33. The van der Waals surface area contributed by atoms with Gasteiger partial charge in [0, 0.05) is 26.1 Å². The quantitative estimate of drug-likeness (QED) is 0.282. The predicted molar refractivity (Wildman–Crippen MR) is 121 cm³/mol. The van der Waals surface area contributed by atoms with Gasteiger partial charge in [-0.2, -0.15) is 0 Å². The number of amides is 1. The van der Waals surface area contributed by atoms with Gasteiger partial charge < -0.3 is 29.6 Å². The van der Waals surface area contributed by atoms with E-state index in [4.69, 9.17) is 30.1 Å². The van der Waals surface area contributed by atoms with Crippen molar-refractivity contribution in [3.63, 3.8) is 0 Å². The number of carbonyl (C=O) groups is 2. The molecule has 33 heavy (non-hydrogen) atoms. The second kappa shape index (κ2) is 9.78. The number of para-hydroxylation sites is 2. The van der Waals surface area contributed by atoms with Gasteiger partial charge in [0.2, 0.25) is 0 Å². The zero-order valence-corrected chi connectivity index (χ0v) is 18.3. The van der Waals surface area contributed by atoms with Crippen molar-refractivity contribution in [1.82, 2.24) is 0 Å². The minimum absolute atomic E-state index is 0.111. The molecular weight excluding hydrogens is 428 g/mol. The monoisotopic (exact) mass is 454 g/mol. The van der Waals surface area contributed by atoms with Crippen LogP contribution in [0.5, 0.6) is 11.5 Å². The second-order valence-corrected chi connectivity index (χ2v) is 7.68. The fourth-order valence-corrected chi connectivity index (χ4v) is 3.79. The average molecular weight is 454 g/mol. The van der Waals surface area contributed by atoms with Gasteiger partial charge >= 0.3 is 12.1 Å². The van der Waals surface area contributed by atoms with Gasteiger partial charge in [-0.25, -0.2) is 4.79 Å². The van der Waals surface area contributed by atoms with Gasteiger partial charge in [-0.15, -0.1) is 0 Å². The van der Waals surface area contributed by atoms with Crippen molar-refractivity contribution in [1.29, 1.82) is 5.41 Å². The Kier molecular flexibility index (Phi) is 6.64. The summed E-state index contributed by atoms with van der Waals surface area (Å²) in [6, 6.07) is 12.4. The number of nitrogens with two attached hydrogens (primary N) is 1. The van der Waals surface area contributed by atoms with Crippen molar-refractivity contribution in [2.24, 2.45) is 5.73 Å². The molecule has 2 aromatic rings. The third-order valence-electron chi connectivity index (χ3n) is 5.34. The normalized spacial score (nSPS) is 18.1. The Morgan fingerprint density at radius 1 is 1.18 bits per heavy atom. The summed E-state index contributed by atoms with van der Waals surface area (Å²) >= 11 is 0. The maximum atomic E-state index is 12.5. The molecule has 0 spiro atoms. The largest absolute Gasteiger partial charge is 0.487 e. The molecule has 2 aromatic carbocycles. The number of cyclic esters (lactones) is 1. The maximum absolute atomic E-state index is 12.5. The maximum Gasteiger partial charge on any atom is 0.414 e. The lowest BCUT2D eigenvalue weighted by Gasteiger charge is -2.30. The Bertz CT molecular complexity index is 1050. The van der Waals surface area contributed by atoms with Crippen LogP contribution in [0.2, 0.25) is 0 Å². The molecule has 1 amide bonds. The highest BCUT2D eigenvalue weighted by Crippen LogP contribution is 2.31. The molecule has 174 valence electrons. The van der Waals surface area contributed by atoms with Gasteiger partial charge in [0.1, 0.15) is 23.9 Å². The Balaban J connectivity index is 1.44. The van der Waals surface area contributed by atoms with Crippen LogP contribution in [0, 0.1) is 5.41 Å². The molecule has 2 saturated heterocycles. The minimum Gasteiger partial charge on any atom is -0.487 e. The number of morpholine rings is 1. The Labute approximate surface area is 191 Å². The summed E-state index contributed by atoms with van der Waals surface area (Å²) in [6.07, 6.45) is -1.02. The number of hydrogen-bond donors (Lipinski definition) is 2.